The van der Waals surface area contributed by atoms with E-state index in [1.807, 2.05) is 6.07 Å². The van der Waals surface area contributed by atoms with E-state index >= 15 is 0 Å². The molecule has 0 fully saturated rings. The van der Waals surface area contributed by atoms with Crippen LogP contribution < -0.4 is 10.5 Å². The van der Waals surface area contributed by atoms with Crippen molar-refractivity contribution in [3.05, 3.63) is 29.3 Å². The maximum absolute atomic E-state index is 12.0. The van der Waals surface area contributed by atoms with E-state index in [-0.39, 0.29) is 18.1 Å². The largest absolute Gasteiger partial charge is 0.493 e. The first kappa shape index (κ1) is 19.7. The Morgan fingerprint density at radius 2 is 2.13 bits per heavy atom. The summed E-state index contributed by atoms with van der Waals surface area (Å²) in [7, 11) is -1.47. The van der Waals surface area contributed by atoms with Crippen molar-refractivity contribution < 1.29 is 17.9 Å². The third kappa shape index (κ3) is 8.20. The van der Waals surface area contributed by atoms with Crippen molar-refractivity contribution in [2.75, 3.05) is 32.2 Å². The summed E-state index contributed by atoms with van der Waals surface area (Å²) in [6.07, 6.45) is 1.88. The van der Waals surface area contributed by atoms with Crippen LogP contribution in [0.3, 0.4) is 0 Å². The Balaban J connectivity index is 2.29. The van der Waals surface area contributed by atoms with Crippen LogP contribution in [0.5, 0.6) is 5.75 Å². The first-order chi connectivity index (χ1) is 10.7. The number of halogens is 1. The van der Waals surface area contributed by atoms with Crippen molar-refractivity contribution in [3.63, 3.8) is 0 Å². The van der Waals surface area contributed by atoms with E-state index in [0.29, 0.717) is 30.3 Å². The lowest BCUT2D eigenvalue weighted by Gasteiger charge is -2.21. The number of amides is 1. The van der Waals surface area contributed by atoms with Crippen LogP contribution in [0.4, 0.5) is 0 Å². The zero-order valence-corrected chi connectivity index (χ0v) is 14.9. The minimum Gasteiger partial charge on any atom is -0.493 e. The van der Waals surface area contributed by atoms with Crippen LogP contribution >= 0.6 is 11.6 Å². The van der Waals surface area contributed by atoms with Crippen LogP contribution in [0.2, 0.25) is 5.02 Å². The number of nitrogens with two attached hydrogens (primary N) is 1. The molecule has 0 heterocycles. The summed E-state index contributed by atoms with van der Waals surface area (Å²) in [5.74, 6) is 0.318. The van der Waals surface area contributed by atoms with E-state index in [4.69, 9.17) is 22.1 Å². The van der Waals surface area contributed by atoms with Crippen molar-refractivity contribution in [1.82, 2.24) is 4.90 Å². The number of likely N-dealkylation sites (N-methyl/N-ethyl adjacent to an activating group) is 1. The van der Waals surface area contributed by atoms with Gasteiger partial charge in [0.25, 0.3) is 0 Å². The van der Waals surface area contributed by atoms with Gasteiger partial charge in [-0.1, -0.05) is 17.7 Å². The van der Waals surface area contributed by atoms with Gasteiger partial charge in [-0.05, 0) is 31.0 Å². The number of sulfone groups is 1. The second-order valence-electron chi connectivity index (χ2n) is 5.44. The number of hydrogen-bond acceptors (Lipinski definition) is 5. The molecule has 130 valence electrons. The van der Waals surface area contributed by atoms with Gasteiger partial charge in [0.05, 0.1) is 18.4 Å². The summed E-state index contributed by atoms with van der Waals surface area (Å²) in [5, 5.41) is 0.603. The van der Waals surface area contributed by atoms with Crippen LogP contribution in [0.15, 0.2) is 24.3 Å². The Morgan fingerprint density at radius 1 is 1.43 bits per heavy atom. The van der Waals surface area contributed by atoms with Gasteiger partial charge >= 0.3 is 0 Å². The molecule has 1 amide bonds. The van der Waals surface area contributed by atoms with E-state index < -0.39 is 15.9 Å². The normalized spacial score (nSPS) is 12.7. The average Bonchev–Trinajstić information content (AvgIpc) is 2.47. The molecular weight excluding hydrogens is 340 g/mol. The van der Waals surface area contributed by atoms with Gasteiger partial charge < -0.3 is 15.4 Å². The summed E-state index contributed by atoms with van der Waals surface area (Å²) >= 11 is 5.86. The molecule has 0 aromatic heterocycles. The lowest BCUT2D eigenvalue weighted by atomic mass is 10.2. The van der Waals surface area contributed by atoms with E-state index in [1.165, 1.54) is 4.90 Å². The monoisotopic (exact) mass is 362 g/mol. The predicted octanol–water partition coefficient (Wildman–Crippen LogP) is 1.33. The Morgan fingerprint density at radius 3 is 2.74 bits per heavy atom. The molecule has 0 spiro atoms. The number of nitrogens with zero attached hydrogens (tertiary/aromatic N) is 1. The van der Waals surface area contributed by atoms with Gasteiger partial charge in [-0.25, -0.2) is 8.42 Å². The van der Waals surface area contributed by atoms with Crippen molar-refractivity contribution in [2.45, 2.75) is 18.9 Å². The molecule has 0 aliphatic rings. The summed E-state index contributed by atoms with van der Waals surface area (Å²) in [5.41, 5.74) is 5.74. The molecule has 1 aromatic carbocycles. The number of ether oxygens (including phenoxy) is 1. The van der Waals surface area contributed by atoms with E-state index in [0.717, 1.165) is 6.26 Å². The average molecular weight is 363 g/mol. The Labute approximate surface area is 142 Å². The molecule has 0 aliphatic carbocycles. The van der Waals surface area contributed by atoms with Gasteiger partial charge in [-0.3, -0.25) is 4.79 Å². The lowest BCUT2D eigenvalue weighted by Crippen LogP contribution is -2.43. The second-order valence-corrected chi connectivity index (χ2v) is 8.14. The van der Waals surface area contributed by atoms with Crippen LogP contribution in [0, 0.1) is 0 Å². The highest BCUT2D eigenvalue weighted by atomic mass is 35.5. The minimum atomic E-state index is -3.12. The third-order valence-corrected chi connectivity index (χ3v) is 4.41. The maximum Gasteiger partial charge on any atom is 0.239 e. The third-order valence-electron chi connectivity index (χ3n) is 3.20. The SMILES string of the molecule is CN(CCCOc1cccc(Cl)c1)C(=O)C(N)CCS(C)(=O)=O. The van der Waals surface area contributed by atoms with Gasteiger partial charge in [0.15, 0.2) is 0 Å². The number of rotatable bonds is 9. The Hall–Kier alpha value is -1.31. The van der Waals surface area contributed by atoms with Crippen molar-refractivity contribution in [2.24, 2.45) is 5.73 Å². The first-order valence-corrected chi connectivity index (χ1v) is 9.69. The lowest BCUT2D eigenvalue weighted by molar-refractivity contribution is -0.131. The predicted molar refractivity (Wildman–Crippen MR) is 91.5 cm³/mol. The number of carbonyl (C=O) groups excluding carboxylic acids is 1. The van der Waals surface area contributed by atoms with Gasteiger partial charge in [0.2, 0.25) is 5.91 Å². The van der Waals surface area contributed by atoms with Gasteiger partial charge in [-0.15, -0.1) is 0 Å². The first-order valence-electron chi connectivity index (χ1n) is 7.25. The van der Waals surface area contributed by atoms with Gasteiger partial charge in [-0.2, -0.15) is 0 Å². The van der Waals surface area contributed by atoms with Gasteiger partial charge in [0, 0.05) is 24.9 Å². The molecule has 1 unspecified atom stereocenters. The van der Waals surface area contributed by atoms with Crippen LogP contribution in [-0.2, 0) is 14.6 Å². The molecule has 1 atom stereocenters. The molecule has 2 N–H and O–H groups in total. The molecule has 8 heteroatoms. The molecule has 0 aliphatic heterocycles. The number of benzene rings is 1. The van der Waals surface area contributed by atoms with Gasteiger partial charge in [0.1, 0.15) is 15.6 Å². The second kappa shape index (κ2) is 9.10. The van der Waals surface area contributed by atoms with E-state index in [2.05, 4.69) is 0 Å². The summed E-state index contributed by atoms with van der Waals surface area (Å²) in [6, 6.07) is 6.29. The molecule has 23 heavy (non-hydrogen) atoms. The molecule has 0 radical (unpaired) electrons. The number of carbonyl (C=O) groups is 1. The highest BCUT2D eigenvalue weighted by Crippen LogP contribution is 2.17. The van der Waals surface area contributed by atoms with E-state index in [1.54, 1.807) is 25.2 Å². The van der Waals surface area contributed by atoms with Crippen molar-refractivity contribution in [3.8, 4) is 5.75 Å². The zero-order valence-electron chi connectivity index (χ0n) is 13.4. The molecule has 0 bridgehead atoms. The summed E-state index contributed by atoms with van der Waals surface area (Å²) in [6.45, 7) is 0.919. The topological polar surface area (TPSA) is 89.7 Å². The smallest absolute Gasteiger partial charge is 0.239 e. The summed E-state index contributed by atoms with van der Waals surface area (Å²) in [4.78, 5) is 13.5. The highest BCUT2D eigenvalue weighted by molar-refractivity contribution is 7.90. The fourth-order valence-corrected chi connectivity index (χ4v) is 2.77. The van der Waals surface area contributed by atoms with E-state index in [9.17, 15) is 13.2 Å². The Kier molecular flexibility index (Phi) is 7.81. The molecular formula is C15H23ClN2O4S. The molecule has 0 saturated carbocycles. The zero-order chi connectivity index (χ0) is 17.5. The Bertz CT molecular complexity index is 622. The summed E-state index contributed by atoms with van der Waals surface area (Å²) < 4.78 is 27.7. The quantitative estimate of drug-likeness (QED) is 0.669. The molecule has 1 rings (SSSR count). The standard InChI is InChI=1S/C15H23ClN2O4S/c1-18(15(19)14(17)7-10-23(2,20)21)8-4-9-22-13-6-3-5-12(16)11-13/h3,5-6,11,14H,4,7-10,17H2,1-2H3. The molecule has 1 aromatic rings. The van der Waals surface area contributed by atoms with Crippen LogP contribution in [-0.4, -0.2) is 57.5 Å². The van der Waals surface area contributed by atoms with Crippen LogP contribution in [0.25, 0.3) is 0 Å². The molecule has 0 saturated heterocycles. The minimum absolute atomic E-state index is 0.0916. The maximum atomic E-state index is 12.0. The fraction of sp³-hybridized carbons (Fsp3) is 0.533. The van der Waals surface area contributed by atoms with Crippen molar-refractivity contribution in [1.29, 1.82) is 0 Å². The molecule has 6 nitrogen and oxygen atoms in total. The van der Waals surface area contributed by atoms with Crippen molar-refractivity contribution >= 4 is 27.3 Å². The fourth-order valence-electron chi connectivity index (χ4n) is 1.91. The highest BCUT2D eigenvalue weighted by Gasteiger charge is 2.19. The number of hydrogen-bond donors (Lipinski definition) is 1. The van der Waals surface area contributed by atoms with Crippen LogP contribution in [0.1, 0.15) is 12.8 Å².